The SMILES string of the molecule is CC(C#N)(NC(=O)C(CC1CC1)NC(=O)c1cc2cccc(F)c2[nH]1)c1cnccn1. The number of rotatable bonds is 7. The Morgan fingerprint density at radius 3 is 2.84 bits per heavy atom. The van der Waals surface area contributed by atoms with E-state index in [1.807, 2.05) is 0 Å². The van der Waals surface area contributed by atoms with Gasteiger partial charge >= 0.3 is 0 Å². The molecule has 0 spiro atoms. The fourth-order valence-corrected chi connectivity index (χ4v) is 3.44. The van der Waals surface area contributed by atoms with E-state index in [-0.39, 0.29) is 11.2 Å². The van der Waals surface area contributed by atoms with Crippen LogP contribution in [-0.4, -0.2) is 32.8 Å². The maximum atomic E-state index is 14.0. The number of aromatic nitrogens is 3. The summed E-state index contributed by atoms with van der Waals surface area (Å²) in [4.78, 5) is 36.7. The van der Waals surface area contributed by atoms with Gasteiger partial charge in [0.2, 0.25) is 5.91 Å². The molecule has 2 unspecified atom stereocenters. The lowest BCUT2D eigenvalue weighted by Crippen LogP contribution is -2.53. The summed E-state index contributed by atoms with van der Waals surface area (Å²) in [6.45, 7) is 1.53. The molecular formula is C22H21FN6O2. The molecule has 2 atom stereocenters. The molecule has 0 radical (unpaired) electrons. The smallest absolute Gasteiger partial charge is 0.268 e. The Labute approximate surface area is 177 Å². The Balaban J connectivity index is 1.53. The number of hydrogen-bond acceptors (Lipinski definition) is 5. The summed E-state index contributed by atoms with van der Waals surface area (Å²) in [5, 5.41) is 15.7. The Morgan fingerprint density at radius 2 is 2.19 bits per heavy atom. The lowest BCUT2D eigenvalue weighted by atomic mass is 9.98. The van der Waals surface area contributed by atoms with Crippen LogP contribution in [0.15, 0.2) is 42.9 Å². The van der Waals surface area contributed by atoms with Crippen LogP contribution in [0.2, 0.25) is 0 Å². The molecule has 1 aromatic carbocycles. The zero-order valence-corrected chi connectivity index (χ0v) is 16.9. The van der Waals surface area contributed by atoms with E-state index in [4.69, 9.17) is 0 Å². The van der Waals surface area contributed by atoms with Gasteiger partial charge in [-0.15, -0.1) is 0 Å². The van der Waals surface area contributed by atoms with Crippen molar-refractivity contribution in [2.75, 3.05) is 0 Å². The van der Waals surface area contributed by atoms with Crippen LogP contribution in [0.5, 0.6) is 0 Å². The number of nitriles is 1. The predicted molar refractivity (Wildman–Crippen MR) is 110 cm³/mol. The Bertz CT molecular complexity index is 1170. The van der Waals surface area contributed by atoms with Crippen molar-refractivity contribution in [2.45, 2.75) is 37.8 Å². The van der Waals surface area contributed by atoms with Gasteiger partial charge in [-0.3, -0.25) is 19.6 Å². The van der Waals surface area contributed by atoms with Crippen molar-refractivity contribution in [1.29, 1.82) is 5.26 Å². The van der Waals surface area contributed by atoms with E-state index in [9.17, 15) is 19.2 Å². The number of para-hydroxylation sites is 1. The predicted octanol–water partition coefficient (Wildman–Crippen LogP) is 2.55. The summed E-state index contributed by atoms with van der Waals surface area (Å²) in [6.07, 6.45) is 6.75. The van der Waals surface area contributed by atoms with E-state index in [1.54, 1.807) is 18.2 Å². The van der Waals surface area contributed by atoms with Crippen LogP contribution in [0.1, 0.15) is 42.4 Å². The minimum Gasteiger partial charge on any atom is -0.348 e. The van der Waals surface area contributed by atoms with Crippen LogP contribution in [0.3, 0.4) is 0 Å². The fourth-order valence-electron chi connectivity index (χ4n) is 3.44. The van der Waals surface area contributed by atoms with E-state index < -0.39 is 29.2 Å². The highest BCUT2D eigenvalue weighted by Gasteiger charge is 2.36. The molecule has 3 N–H and O–H groups in total. The van der Waals surface area contributed by atoms with Gasteiger partial charge in [-0.05, 0) is 31.4 Å². The molecule has 2 amide bonds. The molecule has 1 fully saturated rings. The van der Waals surface area contributed by atoms with Crippen LogP contribution in [0, 0.1) is 23.1 Å². The molecule has 3 aromatic rings. The van der Waals surface area contributed by atoms with Crippen LogP contribution in [0.25, 0.3) is 10.9 Å². The summed E-state index contributed by atoms with van der Waals surface area (Å²) >= 11 is 0. The first-order valence-corrected chi connectivity index (χ1v) is 9.97. The molecule has 0 saturated heterocycles. The van der Waals surface area contributed by atoms with E-state index in [0.29, 0.717) is 23.4 Å². The second kappa shape index (κ2) is 8.14. The van der Waals surface area contributed by atoms with Gasteiger partial charge in [-0.25, -0.2) is 4.39 Å². The number of carbonyl (C=O) groups excluding carboxylic acids is 2. The van der Waals surface area contributed by atoms with Crippen molar-refractivity contribution in [1.82, 2.24) is 25.6 Å². The van der Waals surface area contributed by atoms with Crippen molar-refractivity contribution >= 4 is 22.7 Å². The van der Waals surface area contributed by atoms with Crippen molar-refractivity contribution in [2.24, 2.45) is 5.92 Å². The van der Waals surface area contributed by atoms with Gasteiger partial charge < -0.3 is 15.6 Å². The Hall–Kier alpha value is -3.80. The van der Waals surface area contributed by atoms with Crippen molar-refractivity contribution in [3.8, 4) is 6.07 Å². The second-order valence-corrected chi connectivity index (χ2v) is 7.91. The summed E-state index contributed by atoms with van der Waals surface area (Å²) < 4.78 is 14.0. The number of benzene rings is 1. The summed E-state index contributed by atoms with van der Waals surface area (Å²) in [5.41, 5.74) is -0.711. The number of carbonyl (C=O) groups is 2. The molecule has 2 heterocycles. The summed E-state index contributed by atoms with van der Waals surface area (Å²) in [7, 11) is 0. The molecule has 9 heteroatoms. The second-order valence-electron chi connectivity index (χ2n) is 7.91. The topological polar surface area (TPSA) is 124 Å². The van der Waals surface area contributed by atoms with E-state index in [2.05, 4.69) is 31.7 Å². The van der Waals surface area contributed by atoms with Gasteiger partial charge in [-0.2, -0.15) is 5.26 Å². The van der Waals surface area contributed by atoms with Gasteiger partial charge in [0.15, 0.2) is 5.54 Å². The highest BCUT2D eigenvalue weighted by Crippen LogP contribution is 2.34. The number of hydrogen-bond donors (Lipinski definition) is 3. The lowest BCUT2D eigenvalue weighted by Gasteiger charge is -2.26. The highest BCUT2D eigenvalue weighted by atomic mass is 19.1. The average Bonchev–Trinajstić information content (AvgIpc) is 3.48. The fraction of sp³-hybridized carbons (Fsp3) is 0.318. The number of fused-ring (bicyclic) bond motifs is 1. The van der Waals surface area contributed by atoms with Gasteiger partial charge in [0.25, 0.3) is 5.91 Å². The highest BCUT2D eigenvalue weighted by molar-refractivity contribution is 6.00. The monoisotopic (exact) mass is 420 g/mol. The van der Waals surface area contributed by atoms with E-state index in [1.165, 1.54) is 31.6 Å². The molecule has 2 aromatic heterocycles. The number of amides is 2. The van der Waals surface area contributed by atoms with Crippen molar-refractivity contribution in [3.05, 3.63) is 60.1 Å². The molecule has 8 nitrogen and oxygen atoms in total. The third kappa shape index (κ3) is 4.38. The normalized spacial score (nSPS) is 16.2. The number of aromatic amines is 1. The summed E-state index contributed by atoms with van der Waals surface area (Å²) in [6, 6.07) is 7.32. The minimum absolute atomic E-state index is 0.158. The maximum Gasteiger partial charge on any atom is 0.268 e. The molecular weight excluding hydrogens is 399 g/mol. The molecule has 1 saturated carbocycles. The zero-order valence-electron chi connectivity index (χ0n) is 16.9. The van der Waals surface area contributed by atoms with Crippen LogP contribution >= 0.6 is 0 Å². The van der Waals surface area contributed by atoms with Crippen LogP contribution in [0.4, 0.5) is 4.39 Å². The zero-order chi connectivity index (χ0) is 22.0. The number of halogens is 1. The largest absolute Gasteiger partial charge is 0.348 e. The van der Waals surface area contributed by atoms with Crippen LogP contribution < -0.4 is 10.6 Å². The molecule has 158 valence electrons. The van der Waals surface area contributed by atoms with Gasteiger partial charge in [0.1, 0.15) is 17.6 Å². The molecule has 0 bridgehead atoms. The molecule has 4 rings (SSSR count). The molecule has 31 heavy (non-hydrogen) atoms. The van der Waals surface area contributed by atoms with E-state index >= 15 is 0 Å². The number of nitrogens with one attached hydrogen (secondary N) is 3. The van der Waals surface area contributed by atoms with E-state index in [0.717, 1.165) is 12.8 Å². The third-order valence-corrected chi connectivity index (χ3v) is 5.41. The van der Waals surface area contributed by atoms with Gasteiger partial charge in [0.05, 0.1) is 23.5 Å². The number of H-pyrrole nitrogens is 1. The first-order chi connectivity index (χ1) is 14.9. The molecule has 1 aliphatic rings. The standard InChI is InChI=1S/C22H21FN6O2/c1-22(12-24,18-11-25-7-8-26-18)29-21(31)16(9-13-5-6-13)28-20(30)17-10-14-3-2-4-15(23)19(14)27-17/h2-4,7-8,10-11,13,16,27H,5-6,9H2,1H3,(H,28,30)(H,29,31). The minimum atomic E-state index is -1.40. The lowest BCUT2D eigenvalue weighted by molar-refractivity contribution is -0.124. The third-order valence-electron chi connectivity index (χ3n) is 5.41. The van der Waals surface area contributed by atoms with Crippen LogP contribution in [-0.2, 0) is 10.3 Å². The average molecular weight is 420 g/mol. The molecule has 0 aliphatic heterocycles. The number of nitrogens with zero attached hydrogens (tertiary/aromatic N) is 3. The van der Waals surface area contributed by atoms with Crippen molar-refractivity contribution < 1.29 is 14.0 Å². The van der Waals surface area contributed by atoms with Gasteiger partial charge in [0, 0.05) is 17.8 Å². The Kier molecular flexibility index (Phi) is 5.38. The first-order valence-electron chi connectivity index (χ1n) is 9.97. The maximum absolute atomic E-state index is 14.0. The van der Waals surface area contributed by atoms with Crippen molar-refractivity contribution in [3.63, 3.8) is 0 Å². The molecule has 1 aliphatic carbocycles. The van der Waals surface area contributed by atoms with Gasteiger partial charge in [-0.1, -0.05) is 25.0 Å². The quantitative estimate of drug-likeness (QED) is 0.542. The Morgan fingerprint density at radius 1 is 1.39 bits per heavy atom. The summed E-state index contributed by atoms with van der Waals surface area (Å²) in [5.74, 6) is -1.13. The first kappa shape index (κ1) is 20.5.